The highest BCUT2D eigenvalue weighted by Crippen LogP contribution is 2.25. The van der Waals surface area contributed by atoms with Crippen LogP contribution in [0.25, 0.3) is 10.8 Å². The molecular formula is C18H14Cl2N2O. The van der Waals surface area contributed by atoms with Gasteiger partial charge in [0.2, 0.25) is 5.91 Å². The zero-order chi connectivity index (χ0) is 16.2. The van der Waals surface area contributed by atoms with Gasteiger partial charge in [0.15, 0.2) is 0 Å². The number of carbonyl (C=O) groups excluding carboxylic acids is 1. The Morgan fingerprint density at radius 3 is 2.48 bits per heavy atom. The van der Waals surface area contributed by atoms with Crippen LogP contribution in [0.2, 0.25) is 10.0 Å². The third-order valence-corrected chi connectivity index (χ3v) is 3.96. The van der Waals surface area contributed by atoms with E-state index in [2.05, 4.69) is 10.6 Å². The molecule has 0 aliphatic heterocycles. The van der Waals surface area contributed by atoms with Gasteiger partial charge in [0.1, 0.15) is 0 Å². The van der Waals surface area contributed by atoms with Crippen molar-refractivity contribution in [1.29, 1.82) is 0 Å². The molecule has 1 amide bonds. The van der Waals surface area contributed by atoms with Crippen LogP contribution in [0.3, 0.4) is 0 Å². The molecule has 23 heavy (non-hydrogen) atoms. The molecule has 0 unspecified atom stereocenters. The Hall–Kier alpha value is -2.23. The molecule has 0 atom stereocenters. The number of hydrogen-bond donors (Lipinski definition) is 2. The van der Waals surface area contributed by atoms with Crippen LogP contribution < -0.4 is 10.6 Å². The predicted octanol–water partition coefficient (Wildman–Crippen LogP) is 5.20. The lowest BCUT2D eigenvalue weighted by atomic mass is 10.1. The molecule has 3 nitrogen and oxygen atoms in total. The van der Waals surface area contributed by atoms with E-state index in [1.54, 1.807) is 18.2 Å². The molecular weight excluding hydrogens is 331 g/mol. The van der Waals surface area contributed by atoms with Crippen LogP contribution in [-0.2, 0) is 4.79 Å². The summed E-state index contributed by atoms with van der Waals surface area (Å²) in [4.78, 5) is 12.0. The van der Waals surface area contributed by atoms with Crippen LogP contribution >= 0.6 is 23.2 Å². The zero-order valence-corrected chi connectivity index (χ0v) is 13.7. The molecule has 3 aromatic carbocycles. The maximum absolute atomic E-state index is 12.0. The van der Waals surface area contributed by atoms with E-state index in [1.807, 2.05) is 42.5 Å². The Bertz CT molecular complexity index is 865. The van der Waals surface area contributed by atoms with Gasteiger partial charge in [-0.1, -0.05) is 53.5 Å². The summed E-state index contributed by atoms with van der Waals surface area (Å²) in [5.41, 5.74) is 1.43. The quantitative estimate of drug-likeness (QED) is 0.683. The Kier molecular flexibility index (Phi) is 4.70. The van der Waals surface area contributed by atoms with Crippen LogP contribution in [0.5, 0.6) is 0 Å². The number of hydrogen-bond acceptors (Lipinski definition) is 2. The monoisotopic (exact) mass is 344 g/mol. The van der Waals surface area contributed by atoms with E-state index in [0.29, 0.717) is 15.7 Å². The molecule has 116 valence electrons. The van der Waals surface area contributed by atoms with Gasteiger partial charge in [-0.05, 0) is 41.1 Å². The number of amides is 1. The highest BCUT2D eigenvalue weighted by Gasteiger charge is 2.06. The van der Waals surface area contributed by atoms with Gasteiger partial charge < -0.3 is 10.6 Å². The molecule has 3 aromatic rings. The van der Waals surface area contributed by atoms with E-state index in [9.17, 15) is 4.79 Å². The largest absolute Gasteiger partial charge is 0.376 e. The van der Waals surface area contributed by atoms with Crippen molar-refractivity contribution in [2.75, 3.05) is 17.2 Å². The van der Waals surface area contributed by atoms with Gasteiger partial charge in [0.25, 0.3) is 0 Å². The fraction of sp³-hybridized carbons (Fsp3) is 0.0556. The molecule has 5 heteroatoms. The van der Waals surface area contributed by atoms with E-state index in [4.69, 9.17) is 23.2 Å². The van der Waals surface area contributed by atoms with E-state index in [0.717, 1.165) is 16.5 Å². The normalized spacial score (nSPS) is 10.5. The third kappa shape index (κ3) is 3.95. The van der Waals surface area contributed by atoms with Crippen LogP contribution in [-0.4, -0.2) is 12.5 Å². The first-order chi connectivity index (χ1) is 11.1. The second kappa shape index (κ2) is 6.90. The highest BCUT2D eigenvalue weighted by molar-refractivity contribution is 6.36. The minimum atomic E-state index is -0.178. The zero-order valence-electron chi connectivity index (χ0n) is 12.1. The summed E-state index contributed by atoms with van der Waals surface area (Å²) in [5.74, 6) is -0.178. The molecule has 2 N–H and O–H groups in total. The Labute approximate surface area is 144 Å². The molecule has 0 spiro atoms. The molecule has 0 heterocycles. The smallest absolute Gasteiger partial charge is 0.243 e. The molecule has 0 aromatic heterocycles. The van der Waals surface area contributed by atoms with E-state index in [1.165, 1.54) is 0 Å². The third-order valence-electron chi connectivity index (χ3n) is 3.41. The summed E-state index contributed by atoms with van der Waals surface area (Å²) in [5, 5.41) is 9.09. The number of anilines is 2. The lowest BCUT2D eigenvalue weighted by molar-refractivity contribution is -0.114. The average molecular weight is 345 g/mol. The maximum atomic E-state index is 12.0. The van der Waals surface area contributed by atoms with Crippen LogP contribution in [0.15, 0.2) is 60.7 Å². The van der Waals surface area contributed by atoms with Crippen LogP contribution in [0.4, 0.5) is 11.4 Å². The van der Waals surface area contributed by atoms with Crippen molar-refractivity contribution in [3.05, 3.63) is 70.7 Å². The summed E-state index contributed by atoms with van der Waals surface area (Å²) >= 11 is 11.9. The SMILES string of the molecule is O=C(CNc1ccc2ccccc2c1)Nc1ccc(Cl)cc1Cl. The fourth-order valence-electron chi connectivity index (χ4n) is 2.27. The first kappa shape index (κ1) is 15.7. The van der Waals surface area contributed by atoms with Crippen molar-refractivity contribution < 1.29 is 4.79 Å². The second-order valence-corrected chi connectivity index (χ2v) is 5.93. The van der Waals surface area contributed by atoms with Gasteiger partial charge in [-0.2, -0.15) is 0 Å². The highest BCUT2D eigenvalue weighted by atomic mass is 35.5. The van der Waals surface area contributed by atoms with Crippen LogP contribution in [0.1, 0.15) is 0 Å². The molecule has 0 aliphatic rings. The summed E-state index contributed by atoms with van der Waals surface area (Å²) in [6.45, 7) is 0.150. The minimum absolute atomic E-state index is 0.150. The standard InChI is InChI=1S/C18H14Cl2N2O/c19-14-6-8-17(16(20)10-14)22-18(23)11-21-15-7-5-12-3-1-2-4-13(12)9-15/h1-10,21H,11H2,(H,22,23). The number of rotatable bonds is 4. The van der Waals surface area contributed by atoms with Gasteiger partial charge in [0, 0.05) is 10.7 Å². The molecule has 0 saturated heterocycles. The van der Waals surface area contributed by atoms with Gasteiger partial charge in [-0.25, -0.2) is 0 Å². The molecule has 3 rings (SSSR count). The summed E-state index contributed by atoms with van der Waals surface area (Å²) in [6.07, 6.45) is 0. The van der Waals surface area contributed by atoms with Crippen molar-refractivity contribution in [2.24, 2.45) is 0 Å². The Morgan fingerprint density at radius 2 is 1.70 bits per heavy atom. The first-order valence-corrected chi connectivity index (χ1v) is 7.85. The van der Waals surface area contributed by atoms with Gasteiger partial charge in [0.05, 0.1) is 17.3 Å². The number of nitrogens with one attached hydrogen (secondary N) is 2. The van der Waals surface area contributed by atoms with Gasteiger partial charge in [-0.15, -0.1) is 0 Å². The topological polar surface area (TPSA) is 41.1 Å². The Morgan fingerprint density at radius 1 is 0.913 bits per heavy atom. The van der Waals surface area contributed by atoms with Crippen molar-refractivity contribution >= 4 is 51.3 Å². The fourth-order valence-corrected chi connectivity index (χ4v) is 2.72. The van der Waals surface area contributed by atoms with E-state index < -0.39 is 0 Å². The van der Waals surface area contributed by atoms with Crippen molar-refractivity contribution in [1.82, 2.24) is 0 Å². The van der Waals surface area contributed by atoms with Gasteiger partial charge in [-0.3, -0.25) is 4.79 Å². The molecule has 0 bridgehead atoms. The van der Waals surface area contributed by atoms with Gasteiger partial charge >= 0.3 is 0 Å². The molecule has 0 radical (unpaired) electrons. The number of halogens is 2. The Balaban J connectivity index is 1.63. The van der Waals surface area contributed by atoms with Crippen LogP contribution in [0, 0.1) is 0 Å². The van der Waals surface area contributed by atoms with E-state index >= 15 is 0 Å². The van der Waals surface area contributed by atoms with Crippen molar-refractivity contribution in [2.45, 2.75) is 0 Å². The van der Waals surface area contributed by atoms with Crippen molar-refractivity contribution in [3.8, 4) is 0 Å². The maximum Gasteiger partial charge on any atom is 0.243 e. The minimum Gasteiger partial charge on any atom is -0.376 e. The number of fused-ring (bicyclic) bond motifs is 1. The molecule has 0 aliphatic carbocycles. The summed E-state index contributed by atoms with van der Waals surface area (Å²) < 4.78 is 0. The average Bonchev–Trinajstić information content (AvgIpc) is 2.55. The number of carbonyl (C=O) groups is 1. The van der Waals surface area contributed by atoms with Crippen molar-refractivity contribution in [3.63, 3.8) is 0 Å². The van der Waals surface area contributed by atoms with E-state index in [-0.39, 0.29) is 12.5 Å². The molecule has 0 saturated carbocycles. The number of benzene rings is 3. The second-order valence-electron chi connectivity index (χ2n) is 5.09. The predicted molar refractivity (Wildman–Crippen MR) is 97.5 cm³/mol. The lowest BCUT2D eigenvalue weighted by Crippen LogP contribution is -2.21. The summed E-state index contributed by atoms with van der Waals surface area (Å²) in [6, 6.07) is 19.0. The first-order valence-electron chi connectivity index (χ1n) is 7.09. The summed E-state index contributed by atoms with van der Waals surface area (Å²) in [7, 11) is 0. The lowest BCUT2D eigenvalue weighted by Gasteiger charge is -2.10. The molecule has 0 fully saturated rings.